The van der Waals surface area contributed by atoms with Crippen LogP contribution in [0.3, 0.4) is 0 Å². The van der Waals surface area contributed by atoms with Crippen LogP contribution in [-0.2, 0) is 13.6 Å². The predicted molar refractivity (Wildman–Crippen MR) is 74.5 cm³/mol. The summed E-state index contributed by atoms with van der Waals surface area (Å²) < 4.78 is 1.91. The Hall–Kier alpha value is -0.870. The minimum absolute atomic E-state index is 0.576. The Kier molecular flexibility index (Phi) is 4.40. The summed E-state index contributed by atoms with van der Waals surface area (Å²) in [6, 6.07) is 1.25. The second kappa shape index (κ2) is 5.85. The van der Waals surface area contributed by atoms with Crippen LogP contribution in [0.4, 0.5) is 0 Å². The molecule has 1 aromatic rings. The molecule has 0 aromatic carbocycles. The van der Waals surface area contributed by atoms with Gasteiger partial charge in [-0.2, -0.15) is 5.10 Å². The molecule has 1 atom stereocenters. The van der Waals surface area contributed by atoms with Gasteiger partial charge >= 0.3 is 0 Å². The molecule has 2 heterocycles. The van der Waals surface area contributed by atoms with Crippen LogP contribution in [0.2, 0.25) is 0 Å². The van der Waals surface area contributed by atoms with Crippen molar-refractivity contribution in [3.63, 3.8) is 0 Å². The number of aromatic nitrogens is 2. The van der Waals surface area contributed by atoms with Crippen molar-refractivity contribution in [2.45, 2.75) is 52.2 Å². The average Bonchev–Trinajstić information content (AvgIpc) is 2.88. The number of nitrogens with one attached hydrogen (secondary N) is 1. The summed E-state index contributed by atoms with van der Waals surface area (Å²) in [4.78, 5) is 2.55. The fraction of sp³-hybridized carbons (Fsp3) is 0.786. The normalized spacial score (nSPS) is 20.2. The van der Waals surface area contributed by atoms with E-state index in [0.717, 1.165) is 18.8 Å². The zero-order valence-electron chi connectivity index (χ0n) is 12.1. The van der Waals surface area contributed by atoms with Crippen LogP contribution >= 0.6 is 0 Å². The van der Waals surface area contributed by atoms with E-state index in [-0.39, 0.29) is 0 Å². The molecule has 1 aliphatic rings. The van der Waals surface area contributed by atoms with Gasteiger partial charge in [0.2, 0.25) is 0 Å². The second-order valence-electron chi connectivity index (χ2n) is 5.73. The fourth-order valence-corrected chi connectivity index (χ4v) is 2.68. The molecule has 0 aliphatic carbocycles. The lowest BCUT2D eigenvalue weighted by Gasteiger charge is -2.29. The minimum Gasteiger partial charge on any atom is -0.313 e. The lowest BCUT2D eigenvalue weighted by atomic mass is 10.1. The van der Waals surface area contributed by atoms with Gasteiger partial charge in [-0.1, -0.05) is 0 Å². The third kappa shape index (κ3) is 3.33. The maximum Gasteiger partial charge on any atom is 0.0638 e. The van der Waals surface area contributed by atoms with Crippen LogP contribution < -0.4 is 5.32 Å². The van der Waals surface area contributed by atoms with Gasteiger partial charge < -0.3 is 5.32 Å². The highest BCUT2D eigenvalue weighted by Crippen LogP contribution is 2.14. The van der Waals surface area contributed by atoms with Gasteiger partial charge in [0.05, 0.1) is 5.69 Å². The molecule has 4 heteroatoms. The van der Waals surface area contributed by atoms with E-state index < -0.39 is 0 Å². The van der Waals surface area contributed by atoms with Gasteiger partial charge in [-0.15, -0.1) is 0 Å². The lowest BCUT2D eigenvalue weighted by Crippen LogP contribution is -2.40. The first-order valence-corrected chi connectivity index (χ1v) is 7.03. The molecule has 1 saturated heterocycles. The van der Waals surface area contributed by atoms with E-state index in [1.165, 1.54) is 24.9 Å². The SMILES string of the molecule is Cc1nn(C)cc1CN(CC1CCCN1)C(C)C. The van der Waals surface area contributed by atoms with Crippen LogP contribution in [-0.4, -0.2) is 39.9 Å². The highest BCUT2D eigenvalue weighted by Gasteiger charge is 2.20. The number of nitrogens with zero attached hydrogens (tertiary/aromatic N) is 3. The molecule has 0 saturated carbocycles. The van der Waals surface area contributed by atoms with Gasteiger partial charge in [-0.05, 0) is 40.2 Å². The van der Waals surface area contributed by atoms with E-state index in [1.54, 1.807) is 0 Å². The van der Waals surface area contributed by atoms with Gasteiger partial charge in [0.25, 0.3) is 0 Å². The number of hydrogen-bond donors (Lipinski definition) is 1. The smallest absolute Gasteiger partial charge is 0.0638 e. The summed E-state index contributed by atoms with van der Waals surface area (Å²) in [7, 11) is 1.99. The highest BCUT2D eigenvalue weighted by molar-refractivity contribution is 5.15. The van der Waals surface area contributed by atoms with Crippen molar-refractivity contribution in [1.82, 2.24) is 20.0 Å². The molecule has 1 N–H and O–H groups in total. The Morgan fingerprint density at radius 2 is 2.33 bits per heavy atom. The summed E-state index contributed by atoms with van der Waals surface area (Å²) in [6.45, 7) is 9.99. The van der Waals surface area contributed by atoms with Gasteiger partial charge in [0.1, 0.15) is 0 Å². The van der Waals surface area contributed by atoms with Crippen molar-refractivity contribution < 1.29 is 0 Å². The topological polar surface area (TPSA) is 33.1 Å². The van der Waals surface area contributed by atoms with Crippen molar-refractivity contribution in [3.05, 3.63) is 17.5 Å². The molecule has 0 radical (unpaired) electrons. The average molecular weight is 250 g/mol. The Labute approximate surface area is 110 Å². The fourth-order valence-electron chi connectivity index (χ4n) is 2.68. The number of aryl methyl sites for hydroxylation is 2. The number of rotatable bonds is 5. The summed E-state index contributed by atoms with van der Waals surface area (Å²) >= 11 is 0. The summed E-state index contributed by atoms with van der Waals surface area (Å²) in [5.41, 5.74) is 2.51. The van der Waals surface area contributed by atoms with Gasteiger partial charge in [0, 0.05) is 44.0 Å². The van der Waals surface area contributed by atoms with Crippen molar-refractivity contribution >= 4 is 0 Å². The first kappa shape index (κ1) is 13.6. The molecule has 1 unspecified atom stereocenters. The summed E-state index contributed by atoms with van der Waals surface area (Å²) in [5, 5.41) is 8.01. The maximum absolute atomic E-state index is 4.43. The van der Waals surface area contributed by atoms with Crippen LogP contribution in [0.5, 0.6) is 0 Å². The first-order valence-electron chi connectivity index (χ1n) is 7.03. The van der Waals surface area contributed by atoms with Crippen LogP contribution in [0, 0.1) is 6.92 Å². The van der Waals surface area contributed by atoms with Crippen LogP contribution in [0.1, 0.15) is 37.9 Å². The molecule has 0 spiro atoms. The van der Waals surface area contributed by atoms with Gasteiger partial charge in [-0.25, -0.2) is 0 Å². The Balaban J connectivity index is 1.99. The third-order valence-corrected chi connectivity index (χ3v) is 3.84. The maximum atomic E-state index is 4.43. The van der Waals surface area contributed by atoms with Gasteiger partial charge in [0.15, 0.2) is 0 Å². The summed E-state index contributed by atoms with van der Waals surface area (Å²) in [5.74, 6) is 0. The van der Waals surface area contributed by atoms with Crippen molar-refractivity contribution in [3.8, 4) is 0 Å². The monoisotopic (exact) mass is 250 g/mol. The van der Waals surface area contributed by atoms with E-state index in [2.05, 4.69) is 42.3 Å². The molecule has 0 bridgehead atoms. The zero-order chi connectivity index (χ0) is 13.1. The van der Waals surface area contributed by atoms with Crippen molar-refractivity contribution in [2.75, 3.05) is 13.1 Å². The van der Waals surface area contributed by atoms with Crippen molar-refractivity contribution in [1.29, 1.82) is 0 Å². The molecule has 1 fully saturated rings. The molecule has 2 rings (SSSR count). The van der Waals surface area contributed by atoms with Crippen molar-refractivity contribution in [2.24, 2.45) is 7.05 Å². The van der Waals surface area contributed by atoms with E-state index in [1.807, 2.05) is 11.7 Å². The Morgan fingerprint density at radius 3 is 2.83 bits per heavy atom. The molecule has 18 heavy (non-hydrogen) atoms. The summed E-state index contributed by atoms with van der Waals surface area (Å²) in [6.07, 6.45) is 4.78. The van der Waals surface area contributed by atoms with E-state index in [9.17, 15) is 0 Å². The molecule has 1 aliphatic heterocycles. The predicted octanol–water partition coefficient (Wildman–Crippen LogP) is 1.69. The first-order chi connectivity index (χ1) is 8.56. The molecule has 4 nitrogen and oxygen atoms in total. The minimum atomic E-state index is 0.576. The third-order valence-electron chi connectivity index (χ3n) is 3.84. The van der Waals surface area contributed by atoms with E-state index in [0.29, 0.717) is 12.1 Å². The Morgan fingerprint density at radius 1 is 1.56 bits per heavy atom. The lowest BCUT2D eigenvalue weighted by molar-refractivity contribution is 0.193. The quantitative estimate of drug-likeness (QED) is 0.863. The van der Waals surface area contributed by atoms with E-state index in [4.69, 9.17) is 0 Å². The molecule has 0 amide bonds. The van der Waals surface area contributed by atoms with Crippen LogP contribution in [0.15, 0.2) is 6.20 Å². The highest BCUT2D eigenvalue weighted by atomic mass is 15.3. The van der Waals surface area contributed by atoms with E-state index >= 15 is 0 Å². The molecule has 102 valence electrons. The molecule has 1 aromatic heterocycles. The Bertz CT molecular complexity index is 377. The number of hydrogen-bond acceptors (Lipinski definition) is 3. The van der Waals surface area contributed by atoms with Crippen LogP contribution in [0.25, 0.3) is 0 Å². The van der Waals surface area contributed by atoms with Gasteiger partial charge in [-0.3, -0.25) is 9.58 Å². The largest absolute Gasteiger partial charge is 0.313 e. The zero-order valence-corrected chi connectivity index (χ0v) is 12.1. The molecular formula is C14H26N4. The molecular weight excluding hydrogens is 224 g/mol. The second-order valence-corrected chi connectivity index (χ2v) is 5.73. The standard InChI is InChI=1S/C14H26N4/c1-11(2)18(10-14-6-5-7-15-14)9-13-8-17(4)16-12(13)3/h8,11,14-15H,5-7,9-10H2,1-4H3.